The van der Waals surface area contributed by atoms with Gasteiger partial charge in [0.1, 0.15) is 0 Å². The molecule has 1 aromatic carbocycles. The van der Waals surface area contributed by atoms with Gasteiger partial charge >= 0.3 is 0 Å². The van der Waals surface area contributed by atoms with Crippen LogP contribution in [0, 0.1) is 5.92 Å². The maximum atomic E-state index is 12.4. The Kier molecular flexibility index (Phi) is 4.35. The van der Waals surface area contributed by atoms with Crippen molar-refractivity contribution >= 4 is 17.3 Å². The molecule has 0 saturated heterocycles. The van der Waals surface area contributed by atoms with E-state index in [0.717, 1.165) is 31.5 Å². The van der Waals surface area contributed by atoms with Crippen LogP contribution in [0.25, 0.3) is 0 Å². The van der Waals surface area contributed by atoms with Crippen LogP contribution in [0.3, 0.4) is 0 Å². The zero-order valence-electron chi connectivity index (χ0n) is 15.7. The highest BCUT2D eigenvalue weighted by Gasteiger charge is 2.32. The van der Waals surface area contributed by atoms with Crippen LogP contribution >= 0.6 is 0 Å². The highest BCUT2D eigenvalue weighted by Crippen LogP contribution is 2.39. The zero-order valence-corrected chi connectivity index (χ0v) is 15.7. The lowest BCUT2D eigenvalue weighted by Gasteiger charge is -2.37. The number of benzene rings is 1. The topological polar surface area (TPSA) is 45.2 Å². The van der Waals surface area contributed by atoms with Crippen LogP contribution < -0.4 is 10.2 Å². The standard InChI is InChI=1S/C23H27N3O/c27-23-10-7-17-12-19(8-9-22(17)26(23)15-16-4-3-5-16)25-20-13-18(14-20)21-6-1-2-11-24-21/h1-2,6,8-9,11-12,16,18,20,25H,3-5,7,10,13-15H2. The summed E-state index contributed by atoms with van der Waals surface area (Å²) in [6.45, 7) is 0.910. The molecule has 1 aliphatic heterocycles. The summed E-state index contributed by atoms with van der Waals surface area (Å²) < 4.78 is 0. The molecule has 4 heteroatoms. The van der Waals surface area contributed by atoms with E-state index >= 15 is 0 Å². The fraction of sp³-hybridized carbons (Fsp3) is 0.478. The van der Waals surface area contributed by atoms with Crippen molar-refractivity contribution in [2.75, 3.05) is 16.8 Å². The van der Waals surface area contributed by atoms with E-state index < -0.39 is 0 Å². The molecule has 2 aliphatic carbocycles. The summed E-state index contributed by atoms with van der Waals surface area (Å²) in [5, 5.41) is 3.69. The minimum Gasteiger partial charge on any atom is -0.382 e. The van der Waals surface area contributed by atoms with Crippen molar-refractivity contribution in [2.45, 2.75) is 56.9 Å². The number of amides is 1. The molecule has 0 radical (unpaired) electrons. The highest BCUT2D eigenvalue weighted by atomic mass is 16.2. The number of hydrogen-bond acceptors (Lipinski definition) is 3. The van der Waals surface area contributed by atoms with Gasteiger partial charge in [0.15, 0.2) is 0 Å². The molecule has 1 amide bonds. The molecule has 2 heterocycles. The number of anilines is 2. The van der Waals surface area contributed by atoms with E-state index in [0.29, 0.717) is 30.2 Å². The molecular formula is C23H27N3O. The molecule has 27 heavy (non-hydrogen) atoms. The molecule has 2 aromatic rings. The average Bonchev–Trinajstić information content (AvgIpc) is 2.63. The van der Waals surface area contributed by atoms with Gasteiger partial charge in [0.05, 0.1) is 0 Å². The Bertz CT molecular complexity index is 825. The van der Waals surface area contributed by atoms with Crippen molar-refractivity contribution in [2.24, 2.45) is 5.92 Å². The van der Waals surface area contributed by atoms with Crippen LogP contribution in [-0.2, 0) is 11.2 Å². The average molecular weight is 361 g/mol. The number of fused-ring (bicyclic) bond motifs is 1. The normalized spacial score (nSPS) is 24.7. The van der Waals surface area contributed by atoms with E-state index in [1.54, 1.807) is 0 Å². The number of hydrogen-bond donors (Lipinski definition) is 1. The van der Waals surface area contributed by atoms with Gasteiger partial charge in [-0.15, -0.1) is 0 Å². The molecule has 2 saturated carbocycles. The first-order valence-electron chi connectivity index (χ1n) is 10.4. The van der Waals surface area contributed by atoms with E-state index in [1.807, 2.05) is 17.2 Å². The molecule has 0 bridgehead atoms. The predicted octanol–water partition coefficient (Wildman–Crippen LogP) is 4.52. The molecule has 140 valence electrons. The number of pyridine rings is 1. The Morgan fingerprint density at radius 1 is 1.11 bits per heavy atom. The van der Waals surface area contributed by atoms with Crippen LogP contribution in [-0.4, -0.2) is 23.5 Å². The SMILES string of the molecule is O=C1CCc2cc(NC3CC(c4ccccn4)C3)ccc2N1CC1CCC1. The second-order valence-electron chi connectivity index (χ2n) is 8.41. The third-order valence-corrected chi connectivity index (χ3v) is 6.56. The Morgan fingerprint density at radius 3 is 2.74 bits per heavy atom. The predicted molar refractivity (Wildman–Crippen MR) is 108 cm³/mol. The summed E-state index contributed by atoms with van der Waals surface area (Å²) in [4.78, 5) is 19.0. The van der Waals surface area contributed by atoms with E-state index in [4.69, 9.17) is 0 Å². The third-order valence-electron chi connectivity index (χ3n) is 6.56. The second kappa shape index (κ2) is 6.99. The van der Waals surface area contributed by atoms with Crippen molar-refractivity contribution in [3.63, 3.8) is 0 Å². The van der Waals surface area contributed by atoms with Gasteiger partial charge in [-0.05, 0) is 73.9 Å². The van der Waals surface area contributed by atoms with Gasteiger partial charge in [-0.3, -0.25) is 9.78 Å². The quantitative estimate of drug-likeness (QED) is 0.852. The van der Waals surface area contributed by atoms with E-state index in [1.165, 1.54) is 36.2 Å². The molecule has 2 fully saturated rings. The molecular weight excluding hydrogens is 334 g/mol. The summed E-state index contributed by atoms with van der Waals surface area (Å²) in [5.74, 6) is 1.58. The zero-order chi connectivity index (χ0) is 18.2. The Morgan fingerprint density at radius 2 is 2.00 bits per heavy atom. The van der Waals surface area contributed by atoms with Crippen LogP contribution in [0.5, 0.6) is 0 Å². The lowest BCUT2D eigenvalue weighted by atomic mass is 9.78. The first kappa shape index (κ1) is 16.8. The van der Waals surface area contributed by atoms with E-state index in [2.05, 4.69) is 40.6 Å². The number of nitrogens with zero attached hydrogens (tertiary/aromatic N) is 2. The Balaban J connectivity index is 1.24. The van der Waals surface area contributed by atoms with E-state index in [-0.39, 0.29) is 0 Å². The molecule has 0 atom stereocenters. The van der Waals surface area contributed by atoms with Gasteiger partial charge in [0.25, 0.3) is 0 Å². The van der Waals surface area contributed by atoms with Gasteiger partial charge < -0.3 is 10.2 Å². The van der Waals surface area contributed by atoms with Crippen molar-refractivity contribution in [1.29, 1.82) is 0 Å². The Labute approximate surface area is 161 Å². The lowest BCUT2D eigenvalue weighted by molar-refractivity contribution is -0.119. The minimum absolute atomic E-state index is 0.298. The van der Waals surface area contributed by atoms with Crippen molar-refractivity contribution in [3.05, 3.63) is 53.9 Å². The summed E-state index contributed by atoms with van der Waals surface area (Å²) >= 11 is 0. The van der Waals surface area contributed by atoms with Crippen molar-refractivity contribution in [3.8, 4) is 0 Å². The number of nitrogens with one attached hydrogen (secondary N) is 1. The van der Waals surface area contributed by atoms with Gasteiger partial charge in [-0.1, -0.05) is 12.5 Å². The van der Waals surface area contributed by atoms with Crippen molar-refractivity contribution < 1.29 is 4.79 Å². The van der Waals surface area contributed by atoms with Crippen LogP contribution in [0.15, 0.2) is 42.6 Å². The second-order valence-corrected chi connectivity index (χ2v) is 8.41. The third kappa shape index (κ3) is 3.33. The molecule has 5 rings (SSSR count). The highest BCUT2D eigenvalue weighted by molar-refractivity contribution is 5.96. The monoisotopic (exact) mass is 361 g/mol. The molecule has 0 unspecified atom stereocenters. The number of rotatable bonds is 5. The largest absolute Gasteiger partial charge is 0.382 e. The van der Waals surface area contributed by atoms with Gasteiger partial charge in [-0.2, -0.15) is 0 Å². The summed E-state index contributed by atoms with van der Waals surface area (Å²) in [6, 6.07) is 13.3. The summed E-state index contributed by atoms with van der Waals surface area (Å²) in [5.41, 5.74) is 4.87. The first-order chi connectivity index (χ1) is 13.3. The molecule has 3 aliphatic rings. The number of aromatic nitrogens is 1. The van der Waals surface area contributed by atoms with Crippen LogP contribution in [0.4, 0.5) is 11.4 Å². The summed E-state index contributed by atoms with van der Waals surface area (Å²) in [6.07, 6.45) is 9.55. The maximum absolute atomic E-state index is 12.4. The fourth-order valence-corrected chi connectivity index (χ4v) is 4.61. The molecule has 1 aromatic heterocycles. The molecule has 0 spiro atoms. The fourth-order valence-electron chi connectivity index (χ4n) is 4.61. The number of aryl methyl sites for hydroxylation is 1. The summed E-state index contributed by atoms with van der Waals surface area (Å²) in [7, 11) is 0. The Hall–Kier alpha value is -2.36. The lowest BCUT2D eigenvalue weighted by Crippen LogP contribution is -2.40. The number of carbonyl (C=O) groups is 1. The van der Waals surface area contributed by atoms with E-state index in [9.17, 15) is 4.79 Å². The minimum atomic E-state index is 0.298. The van der Waals surface area contributed by atoms with Gasteiger partial charge in [0, 0.05) is 48.2 Å². The maximum Gasteiger partial charge on any atom is 0.227 e. The van der Waals surface area contributed by atoms with Gasteiger partial charge in [0.2, 0.25) is 5.91 Å². The van der Waals surface area contributed by atoms with Crippen LogP contribution in [0.2, 0.25) is 0 Å². The molecule has 1 N–H and O–H groups in total. The smallest absolute Gasteiger partial charge is 0.227 e. The first-order valence-corrected chi connectivity index (χ1v) is 10.4. The van der Waals surface area contributed by atoms with Gasteiger partial charge in [-0.25, -0.2) is 0 Å². The van der Waals surface area contributed by atoms with Crippen molar-refractivity contribution in [1.82, 2.24) is 4.98 Å². The van der Waals surface area contributed by atoms with Crippen LogP contribution in [0.1, 0.15) is 55.7 Å². The molecule has 4 nitrogen and oxygen atoms in total. The number of carbonyl (C=O) groups excluding carboxylic acids is 1.